The van der Waals surface area contributed by atoms with Crippen LogP contribution < -0.4 is 0 Å². The smallest absolute Gasteiger partial charge is 0.142 e. The fourth-order valence-electron chi connectivity index (χ4n) is 2.85. The summed E-state index contributed by atoms with van der Waals surface area (Å²) < 4.78 is 19.3. The second-order valence-corrected chi connectivity index (χ2v) is 6.23. The lowest BCUT2D eigenvalue weighted by Crippen LogP contribution is -2.30. The number of ether oxygens (including phenoxy) is 1. The van der Waals surface area contributed by atoms with Crippen LogP contribution in [0.15, 0.2) is 36.8 Å². The molecule has 0 bridgehead atoms. The number of hydrogen-bond acceptors (Lipinski definition) is 4. The summed E-state index contributed by atoms with van der Waals surface area (Å²) in [6.45, 7) is 3.81. The summed E-state index contributed by atoms with van der Waals surface area (Å²) >= 11 is 5.74. The minimum Gasteiger partial charge on any atom is -0.380 e. The third-order valence-corrected chi connectivity index (χ3v) is 4.23. The van der Waals surface area contributed by atoms with E-state index >= 15 is 0 Å². The maximum Gasteiger partial charge on any atom is 0.142 e. The molecule has 2 aromatic rings. The van der Waals surface area contributed by atoms with Gasteiger partial charge in [-0.05, 0) is 24.1 Å². The Morgan fingerprint density at radius 2 is 2.26 bits per heavy atom. The van der Waals surface area contributed by atoms with Gasteiger partial charge in [0.1, 0.15) is 5.82 Å². The fraction of sp³-hybridized carbons (Fsp3) is 0.412. The quantitative estimate of drug-likeness (QED) is 0.861. The molecule has 1 saturated heterocycles. The monoisotopic (exact) mass is 335 g/mol. The van der Waals surface area contributed by atoms with Crippen molar-refractivity contribution in [3.8, 4) is 0 Å². The van der Waals surface area contributed by atoms with Crippen LogP contribution in [0.3, 0.4) is 0 Å². The van der Waals surface area contributed by atoms with Gasteiger partial charge in [-0.1, -0.05) is 17.7 Å². The van der Waals surface area contributed by atoms with Gasteiger partial charge >= 0.3 is 0 Å². The first-order valence-electron chi connectivity index (χ1n) is 7.69. The van der Waals surface area contributed by atoms with Crippen molar-refractivity contribution >= 4 is 11.6 Å². The second-order valence-electron chi connectivity index (χ2n) is 5.83. The van der Waals surface area contributed by atoms with Gasteiger partial charge in [-0.3, -0.25) is 14.9 Å². The van der Waals surface area contributed by atoms with Gasteiger partial charge in [0.05, 0.1) is 23.9 Å². The van der Waals surface area contributed by atoms with Crippen LogP contribution in [-0.2, 0) is 17.7 Å². The summed E-state index contributed by atoms with van der Waals surface area (Å²) in [5.41, 5.74) is 1.90. The van der Waals surface area contributed by atoms with E-state index in [2.05, 4.69) is 14.9 Å². The molecule has 1 fully saturated rings. The molecule has 0 unspecified atom stereocenters. The van der Waals surface area contributed by atoms with Gasteiger partial charge in [-0.2, -0.15) is 0 Å². The summed E-state index contributed by atoms with van der Waals surface area (Å²) in [7, 11) is 0. The highest BCUT2D eigenvalue weighted by molar-refractivity contribution is 6.30. The van der Waals surface area contributed by atoms with Crippen LogP contribution in [0, 0.1) is 11.7 Å². The summed E-state index contributed by atoms with van der Waals surface area (Å²) in [5, 5.41) is 0.161. The summed E-state index contributed by atoms with van der Waals surface area (Å²) in [5.74, 6) is -0.0160. The Labute approximate surface area is 140 Å². The van der Waals surface area contributed by atoms with Crippen LogP contribution in [0.1, 0.15) is 11.3 Å². The predicted octanol–water partition coefficient (Wildman–Crippen LogP) is 2.96. The first-order chi connectivity index (χ1) is 11.2. The van der Waals surface area contributed by atoms with Crippen molar-refractivity contribution in [2.75, 3.05) is 26.3 Å². The first kappa shape index (κ1) is 16.3. The minimum absolute atomic E-state index is 0.161. The molecule has 6 heteroatoms. The molecule has 0 radical (unpaired) electrons. The van der Waals surface area contributed by atoms with E-state index in [0.29, 0.717) is 25.7 Å². The van der Waals surface area contributed by atoms with Crippen molar-refractivity contribution in [3.63, 3.8) is 0 Å². The molecule has 3 rings (SSSR count). The van der Waals surface area contributed by atoms with Crippen LogP contribution in [0.5, 0.6) is 0 Å². The number of halogens is 2. The topological polar surface area (TPSA) is 38.2 Å². The molecule has 0 amide bonds. The lowest BCUT2D eigenvalue weighted by atomic mass is 10.0. The molecule has 1 aromatic carbocycles. The third kappa shape index (κ3) is 4.70. The molecule has 4 nitrogen and oxygen atoms in total. The molecular formula is C17H19ClFN3O. The van der Waals surface area contributed by atoms with Gasteiger partial charge in [0.25, 0.3) is 0 Å². The van der Waals surface area contributed by atoms with Crippen molar-refractivity contribution in [1.82, 2.24) is 14.9 Å². The maximum atomic E-state index is 13.6. The van der Waals surface area contributed by atoms with Crippen molar-refractivity contribution in [2.24, 2.45) is 5.92 Å². The fourth-order valence-corrected chi connectivity index (χ4v) is 2.96. The first-order valence-corrected chi connectivity index (χ1v) is 8.07. The van der Waals surface area contributed by atoms with E-state index in [0.717, 1.165) is 30.8 Å². The number of aromatic nitrogens is 2. The van der Waals surface area contributed by atoms with Crippen LogP contribution in [0.25, 0.3) is 0 Å². The van der Waals surface area contributed by atoms with E-state index in [1.165, 1.54) is 6.07 Å². The Hall–Kier alpha value is -1.56. The number of hydrogen-bond donors (Lipinski definition) is 0. The van der Waals surface area contributed by atoms with Gasteiger partial charge in [-0.25, -0.2) is 4.39 Å². The average Bonchev–Trinajstić information content (AvgIpc) is 2.77. The predicted molar refractivity (Wildman–Crippen MR) is 86.7 cm³/mol. The molecular weight excluding hydrogens is 317 g/mol. The van der Waals surface area contributed by atoms with Gasteiger partial charge in [0.2, 0.25) is 0 Å². The second kappa shape index (κ2) is 7.81. The van der Waals surface area contributed by atoms with Crippen LogP contribution >= 0.6 is 11.6 Å². The van der Waals surface area contributed by atoms with Crippen LogP contribution in [0.2, 0.25) is 5.02 Å². The van der Waals surface area contributed by atoms with E-state index in [-0.39, 0.29) is 10.8 Å². The molecule has 1 aliphatic rings. The minimum atomic E-state index is -0.369. The van der Waals surface area contributed by atoms with Crippen LogP contribution in [-0.4, -0.2) is 41.2 Å². The average molecular weight is 336 g/mol. The molecule has 1 aliphatic heterocycles. The zero-order valence-electron chi connectivity index (χ0n) is 12.8. The molecule has 1 atom stereocenters. The Bertz CT molecular complexity index is 641. The highest BCUT2D eigenvalue weighted by atomic mass is 35.5. The molecule has 23 heavy (non-hydrogen) atoms. The molecule has 0 spiro atoms. The van der Waals surface area contributed by atoms with E-state index < -0.39 is 0 Å². The molecule has 0 aliphatic carbocycles. The number of nitrogens with zero attached hydrogens (tertiary/aromatic N) is 3. The van der Waals surface area contributed by atoms with Crippen molar-refractivity contribution in [2.45, 2.75) is 13.0 Å². The lowest BCUT2D eigenvalue weighted by molar-refractivity contribution is 0.121. The molecule has 2 heterocycles. The zero-order valence-corrected chi connectivity index (χ0v) is 13.5. The number of benzene rings is 1. The molecule has 122 valence electrons. The van der Waals surface area contributed by atoms with Gasteiger partial charge in [-0.15, -0.1) is 0 Å². The van der Waals surface area contributed by atoms with E-state index in [9.17, 15) is 4.39 Å². The molecule has 1 aromatic heterocycles. The van der Waals surface area contributed by atoms with Crippen molar-refractivity contribution < 1.29 is 9.13 Å². The summed E-state index contributed by atoms with van der Waals surface area (Å²) in [4.78, 5) is 10.7. The summed E-state index contributed by atoms with van der Waals surface area (Å²) in [6, 6.07) is 4.98. The largest absolute Gasteiger partial charge is 0.380 e. The number of rotatable bonds is 4. The Morgan fingerprint density at radius 1 is 1.35 bits per heavy atom. The highest BCUT2D eigenvalue weighted by Gasteiger charge is 2.20. The van der Waals surface area contributed by atoms with Crippen LogP contribution in [0.4, 0.5) is 4.39 Å². The Balaban J connectivity index is 1.63. The van der Waals surface area contributed by atoms with Gasteiger partial charge in [0, 0.05) is 44.1 Å². The Morgan fingerprint density at radius 3 is 3.04 bits per heavy atom. The molecule has 0 N–H and O–H groups in total. The zero-order chi connectivity index (χ0) is 16.1. The van der Waals surface area contributed by atoms with Crippen molar-refractivity contribution in [1.29, 1.82) is 0 Å². The van der Waals surface area contributed by atoms with E-state index in [4.69, 9.17) is 16.3 Å². The van der Waals surface area contributed by atoms with Gasteiger partial charge in [0.15, 0.2) is 0 Å². The normalized spacial score (nSPS) is 19.5. The lowest BCUT2D eigenvalue weighted by Gasteiger charge is -2.23. The maximum absolute atomic E-state index is 13.6. The standard InChI is InChI=1S/C17H19ClFN3O/c18-16-2-1-13(8-17(16)19)10-22-5-6-23-12-14(11-22)7-15-9-20-3-4-21-15/h1-4,8-9,14H,5-7,10-12H2/t14-/m0/s1. The third-order valence-electron chi connectivity index (χ3n) is 3.93. The van der Waals surface area contributed by atoms with Crippen molar-refractivity contribution in [3.05, 3.63) is 58.9 Å². The van der Waals surface area contributed by atoms with E-state index in [1.807, 2.05) is 6.07 Å². The SMILES string of the molecule is Fc1cc(CN2CCOC[C@@H](Cc3cnccn3)C2)ccc1Cl. The highest BCUT2D eigenvalue weighted by Crippen LogP contribution is 2.19. The summed E-state index contributed by atoms with van der Waals surface area (Å²) in [6.07, 6.45) is 6.01. The van der Waals surface area contributed by atoms with Gasteiger partial charge < -0.3 is 4.74 Å². The molecule has 0 saturated carbocycles. The van der Waals surface area contributed by atoms with E-state index in [1.54, 1.807) is 24.7 Å². The Kier molecular flexibility index (Phi) is 5.54.